The van der Waals surface area contributed by atoms with Crippen molar-refractivity contribution in [1.29, 1.82) is 5.26 Å². The predicted octanol–water partition coefficient (Wildman–Crippen LogP) is 7.33. The highest BCUT2D eigenvalue weighted by Crippen LogP contribution is 2.35. The number of ether oxygens (including phenoxy) is 1. The molecule has 0 aliphatic carbocycles. The maximum Gasteiger partial charge on any atom is 0.268 e. The second kappa shape index (κ2) is 9.82. The van der Waals surface area contributed by atoms with Crippen molar-refractivity contribution >= 4 is 21.8 Å². The summed E-state index contributed by atoms with van der Waals surface area (Å²) in [5, 5.41) is 11.5. The summed E-state index contributed by atoms with van der Waals surface area (Å²) < 4.78 is 12.5. The molecule has 0 bridgehead atoms. The SMILES string of the molecule is Cc1cccc(C)c1-n1[c-][n+](-c2cccc(Oc3ccc4c5cc(C#N)ccc5n(-c5ccccn5)c4c3)c2)cc1. The first-order chi connectivity index (χ1) is 20.1. The summed E-state index contributed by atoms with van der Waals surface area (Å²) in [4.78, 5) is 4.61. The van der Waals surface area contributed by atoms with Crippen LogP contribution in [0.4, 0.5) is 0 Å². The Morgan fingerprint density at radius 3 is 2.44 bits per heavy atom. The topological polar surface area (TPSA) is 59.6 Å². The fourth-order valence-electron chi connectivity index (χ4n) is 5.47. The van der Waals surface area contributed by atoms with E-state index < -0.39 is 0 Å². The summed E-state index contributed by atoms with van der Waals surface area (Å²) >= 11 is 0. The second-order valence-electron chi connectivity index (χ2n) is 10.0. The fourth-order valence-corrected chi connectivity index (χ4v) is 5.47. The van der Waals surface area contributed by atoms with E-state index >= 15 is 0 Å². The zero-order valence-corrected chi connectivity index (χ0v) is 22.6. The maximum atomic E-state index is 9.50. The standard InChI is InChI=1S/C35H25N5O/c1-24-7-5-8-25(2)35(24)39-18-17-38(23-39)27-9-6-10-28(20-27)41-29-13-14-30-31-19-26(22-36)12-15-32(31)40(33(30)21-29)34-11-3-4-16-37-34/h3-21H,1-2H3. The minimum absolute atomic E-state index is 0.621. The van der Waals surface area contributed by atoms with Crippen molar-refractivity contribution in [2.75, 3.05) is 0 Å². The van der Waals surface area contributed by atoms with Crippen LogP contribution in [-0.2, 0) is 0 Å². The van der Waals surface area contributed by atoms with Gasteiger partial charge in [-0.1, -0.05) is 30.3 Å². The smallest absolute Gasteiger partial charge is 0.268 e. The first-order valence-electron chi connectivity index (χ1n) is 13.4. The number of nitriles is 1. The van der Waals surface area contributed by atoms with Gasteiger partial charge in [0.1, 0.15) is 17.3 Å². The lowest BCUT2D eigenvalue weighted by molar-refractivity contribution is -0.599. The summed E-state index contributed by atoms with van der Waals surface area (Å²) in [6.45, 7) is 4.23. The predicted molar refractivity (Wildman–Crippen MR) is 159 cm³/mol. The van der Waals surface area contributed by atoms with Gasteiger partial charge in [0, 0.05) is 35.4 Å². The Hall–Kier alpha value is -5.67. The molecule has 7 rings (SSSR count). The van der Waals surface area contributed by atoms with E-state index in [1.165, 1.54) is 11.1 Å². The van der Waals surface area contributed by atoms with Crippen LogP contribution < -0.4 is 9.30 Å². The summed E-state index contributed by atoms with van der Waals surface area (Å²) in [6.07, 6.45) is 9.24. The maximum absolute atomic E-state index is 9.50. The largest absolute Gasteiger partial charge is 0.458 e. The number of hydrogen-bond donors (Lipinski definition) is 0. The fraction of sp³-hybridized carbons (Fsp3) is 0.0571. The van der Waals surface area contributed by atoms with Gasteiger partial charge < -0.3 is 4.74 Å². The van der Waals surface area contributed by atoms with Gasteiger partial charge in [-0.2, -0.15) is 5.26 Å². The van der Waals surface area contributed by atoms with Gasteiger partial charge in [-0.05, 0) is 85.6 Å². The molecule has 0 N–H and O–H groups in total. The molecule has 3 aromatic heterocycles. The number of aryl methyl sites for hydroxylation is 2. The van der Waals surface area contributed by atoms with Crippen molar-refractivity contribution in [1.82, 2.24) is 14.1 Å². The summed E-state index contributed by atoms with van der Waals surface area (Å²) in [5.41, 5.74) is 7.03. The van der Waals surface area contributed by atoms with E-state index in [-0.39, 0.29) is 0 Å². The third-order valence-electron chi connectivity index (χ3n) is 7.34. The first kappa shape index (κ1) is 24.4. The lowest BCUT2D eigenvalue weighted by Crippen LogP contribution is -2.28. The van der Waals surface area contributed by atoms with E-state index in [0.29, 0.717) is 11.3 Å². The quantitative estimate of drug-likeness (QED) is 0.173. The van der Waals surface area contributed by atoms with Crippen LogP contribution in [0.25, 0.3) is 39.0 Å². The van der Waals surface area contributed by atoms with Crippen molar-refractivity contribution < 1.29 is 9.30 Å². The average Bonchev–Trinajstić information content (AvgIpc) is 3.60. The van der Waals surface area contributed by atoms with E-state index in [0.717, 1.165) is 44.7 Å². The molecule has 0 spiro atoms. The van der Waals surface area contributed by atoms with Crippen molar-refractivity contribution in [3.8, 4) is 34.8 Å². The number of pyridine rings is 1. The Bertz CT molecular complexity index is 2090. The normalized spacial score (nSPS) is 11.1. The molecule has 6 nitrogen and oxygen atoms in total. The highest BCUT2D eigenvalue weighted by atomic mass is 16.5. The van der Waals surface area contributed by atoms with Crippen molar-refractivity contribution in [3.63, 3.8) is 0 Å². The number of benzene rings is 4. The Morgan fingerprint density at radius 1 is 0.805 bits per heavy atom. The van der Waals surface area contributed by atoms with Crippen molar-refractivity contribution in [2.45, 2.75) is 13.8 Å². The minimum Gasteiger partial charge on any atom is -0.458 e. The van der Waals surface area contributed by atoms with Gasteiger partial charge in [0.05, 0.1) is 34.0 Å². The van der Waals surface area contributed by atoms with Crippen molar-refractivity contribution in [2.24, 2.45) is 0 Å². The van der Waals surface area contributed by atoms with Gasteiger partial charge >= 0.3 is 0 Å². The van der Waals surface area contributed by atoms with Crippen LogP contribution >= 0.6 is 0 Å². The van der Waals surface area contributed by atoms with Gasteiger partial charge in [0.15, 0.2) is 0 Å². The molecule has 0 saturated carbocycles. The molecular formula is C35H25N5O. The third kappa shape index (κ3) is 4.30. The zero-order valence-electron chi connectivity index (χ0n) is 22.6. The first-order valence-corrected chi connectivity index (χ1v) is 13.4. The Balaban J connectivity index is 1.27. The van der Waals surface area contributed by atoms with Gasteiger partial charge in [-0.3, -0.25) is 13.7 Å². The molecule has 0 unspecified atom stereocenters. The molecule has 0 amide bonds. The molecule has 41 heavy (non-hydrogen) atoms. The van der Waals surface area contributed by atoms with E-state index in [1.807, 2.05) is 100 Å². The molecule has 0 aliphatic rings. The summed E-state index contributed by atoms with van der Waals surface area (Å²) in [6, 6.07) is 34.2. The number of fused-ring (bicyclic) bond motifs is 3. The van der Waals surface area contributed by atoms with Crippen LogP contribution in [0.15, 0.2) is 116 Å². The number of nitrogens with zero attached hydrogens (tertiary/aromatic N) is 5. The monoisotopic (exact) mass is 531 g/mol. The molecule has 0 atom stereocenters. The van der Waals surface area contributed by atoms with Crippen LogP contribution in [0.5, 0.6) is 11.5 Å². The molecule has 196 valence electrons. The Labute approximate surface area is 237 Å². The molecule has 3 heterocycles. The number of aromatic nitrogens is 4. The summed E-state index contributed by atoms with van der Waals surface area (Å²) in [7, 11) is 0. The second-order valence-corrected chi connectivity index (χ2v) is 10.0. The number of imidazole rings is 1. The van der Waals surface area contributed by atoms with E-state index in [9.17, 15) is 5.26 Å². The molecule has 0 saturated heterocycles. The highest BCUT2D eigenvalue weighted by Gasteiger charge is 2.15. The lowest BCUT2D eigenvalue weighted by Gasteiger charge is -2.10. The zero-order chi connectivity index (χ0) is 27.9. The Kier molecular flexibility index (Phi) is 5.84. The molecule has 6 heteroatoms. The number of rotatable bonds is 5. The average molecular weight is 532 g/mol. The molecule has 4 aromatic carbocycles. The summed E-state index contributed by atoms with van der Waals surface area (Å²) in [5.74, 6) is 2.23. The van der Waals surface area contributed by atoms with Gasteiger partial charge in [-0.25, -0.2) is 4.98 Å². The van der Waals surface area contributed by atoms with Crippen molar-refractivity contribution in [3.05, 3.63) is 139 Å². The number of hydrogen-bond acceptors (Lipinski definition) is 3. The van der Waals surface area contributed by atoms with Crippen LogP contribution in [0, 0.1) is 31.5 Å². The van der Waals surface area contributed by atoms with E-state index in [4.69, 9.17) is 4.74 Å². The van der Waals surface area contributed by atoms with Gasteiger partial charge in [0.25, 0.3) is 6.33 Å². The number of para-hydroxylation sites is 1. The Morgan fingerprint density at radius 2 is 1.63 bits per heavy atom. The van der Waals surface area contributed by atoms with Crippen LogP contribution in [-0.4, -0.2) is 14.1 Å². The third-order valence-corrected chi connectivity index (χ3v) is 7.34. The van der Waals surface area contributed by atoms with Crippen LogP contribution in [0.3, 0.4) is 0 Å². The van der Waals surface area contributed by atoms with Crippen LogP contribution in [0.2, 0.25) is 0 Å². The molecule has 7 aromatic rings. The molecule has 0 radical (unpaired) electrons. The van der Waals surface area contributed by atoms with Crippen LogP contribution in [0.1, 0.15) is 16.7 Å². The van der Waals surface area contributed by atoms with E-state index in [2.05, 4.69) is 54.0 Å². The minimum atomic E-state index is 0.621. The van der Waals surface area contributed by atoms with Gasteiger partial charge in [0.2, 0.25) is 0 Å². The van der Waals surface area contributed by atoms with Gasteiger partial charge in [-0.15, -0.1) is 0 Å². The lowest BCUT2D eigenvalue weighted by atomic mass is 10.1. The molecule has 0 fully saturated rings. The molecule has 0 aliphatic heterocycles. The van der Waals surface area contributed by atoms with E-state index in [1.54, 1.807) is 6.20 Å². The molecular weight excluding hydrogens is 506 g/mol. The highest BCUT2D eigenvalue weighted by molar-refractivity contribution is 6.09.